The summed E-state index contributed by atoms with van der Waals surface area (Å²) in [5, 5.41) is 38.2. The molecule has 3 atom stereocenters. The molecule has 1 fully saturated rings. The first-order valence-electron chi connectivity index (χ1n) is 6.24. The molecule has 0 aromatic rings. The zero-order valence-corrected chi connectivity index (χ0v) is 10.2. The molecule has 4 heteroatoms. The molecule has 0 aliphatic heterocycles. The maximum Gasteiger partial charge on any atom is 0.185 e. The molecule has 4 nitrogen and oxygen atoms in total. The number of hydrogen-bond acceptors (Lipinski definition) is 4. The van der Waals surface area contributed by atoms with Crippen molar-refractivity contribution in [2.45, 2.75) is 12.8 Å². The van der Waals surface area contributed by atoms with E-state index in [2.05, 4.69) is 6.08 Å². The van der Waals surface area contributed by atoms with Gasteiger partial charge in [0.25, 0.3) is 0 Å². The van der Waals surface area contributed by atoms with Crippen LogP contribution in [0.2, 0.25) is 0 Å². The zero-order valence-electron chi connectivity index (χ0n) is 10.2. The fraction of sp³-hybridized carbons (Fsp3) is 0.467. The Balaban J connectivity index is 2.35. The maximum absolute atomic E-state index is 9.55. The first kappa shape index (κ1) is 11.5. The van der Waals surface area contributed by atoms with Crippen molar-refractivity contribution in [3.63, 3.8) is 0 Å². The van der Waals surface area contributed by atoms with Crippen LogP contribution >= 0.6 is 0 Å². The summed E-state index contributed by atoms with van der Waals surface area (Å²) in [7, 11) is 0. The minimum Gasteiger partial charge on any atom is -0.196 e. The Bertz CT molecular complexity index is 643. The molecule has 1 saturated carbocycles. The highest BCUT2D eigenvalue weighted by Gasteiger charge is 2.70. The summed E-state index contributed by atoms with van der Waals surface area (Å²) in [4.78, 5) is 0. The number of fused-ring (bicyclic) bond motifs is 1. The number of nitrogens with zero attached hydrogens (tertiary/aromatic N) is 4. The average molecular weight is 246 g/mol. The number of hydrogen-bond donors (Lipinski definition) is 0. The van der Waals surface area contributed by atoms with E-state index in [1.54, 1.807) is 0 Å². The van der Waals surface area contributed by atoms with Crippen molar-refractivity contribution in [3.05, 3.63) is 23.8 Å². The number of allylic oxidation sites excluding steroid dienone is 4. The van der Waals surface area contributed by atoms with E-state index in [0.29, 0.717) is 0 Å². The first-order chi connectivity index (χ1) is 9.20. The fourth-order valence-corrected chi connectivity index (χ4v) is 4.01. The molecule has 0 N–H and O–H groups in total. The molecule has 2 bridgehead atoms. The van der Waals surface area contributed by atoms with E-state index in [-0.39, 0.29) is 11.8 Å². The third-order valence-corrected chi connectivity index (χ3v) is 4.88. The molecule has 4 rings (SSSR count). The molecule has 4 aliphatic carbocycles. The van der Waals surface area contributed by atoms with Gasteiger partial charge in [-0.25, -0.2) is 0 Å². The standard InChI is InChI=1S/C15H10N4/c16-6-14(7-17)12-4-5-13(15(14,8-18)9-19)11-3-1-2-10(11)12/h2,4-5,11-13H,1,3H2/t11-,12+,13+/m1/s1. The van der Waals surface area contributed by atoms with Gasteiger partial charge in [0.2, 0.25) is 0 Å². The van der Waals surface area contributed by atoms with Crippen LogP contribution in [-0.4, -0.2) is 0 Å². The molecular formula is C15H10N4. The Hall–Kier alpha value is -2.56. The number of nitriles is 4. The first-order valence-corrected chi connectivity index (χ1v) is 6.24. The largest absolute Gasteiger partial charge is 0.196 e. The quantitative estimate of drug-likeness (QED) is 0.612. The lowest BCUT2D eigenvalue weighted by atomic mass is 9.43. The topological polar surface area (TPSA) is 95.2 Å². The third kappa shape index (κ3) is 0.977. The van der Waals surface area contributed by atoms with Gasteiger partial charge in [0, 0.05) is 11.8 Å². The highest BCUT2D eigenvalue weighted by molar-refractivity contribution is 5.51. The second-order valence-corrected chi connectivity index (χ2v) is 5.34. The van der Waals surface area contributed by atoms with Crippen molar-refractivity contribution in [3.8, 4) is 24.3 Å². The summed E-state index contributed by atoms with van der Waals surface area (Å²) in [6.07, 6.45) is 7.59. The highest BCUT2D eigenvalue weighted by Crippen LogP contribution is 2.65. The Morgan fingerprint density at radius 3 is 2.16 bits per heavy atom. The minimum atomic E-state index is -1.58. The molecule has 0 amide bonds. The van der Waals surface area contributed by atoms with Crippen molar-refractivity contribution < 1.29 is 0 Å². The smallest absolute Gasteiger partial charge is 0.185 e. The Morgan fingerprint density at radius 1 is 0.947 bits per heavy atom. The van der Waals surface area contributed by atoms with Crippen LogP contribution in [0.4, 0.5) is 0 Å². The van der Waals surface area contributed by atoms with Crippen LogP contribution in [0.5, 0.6) is 0 Å². The van der Waals surface area contributed by atoms with Gasteiger partial charge in [-0.1, -0.05) is 23.8 Å². The molecular weight excluding hydrogens is 236 g/mol. The van der Waals surface area contributed by atoms with E-state index in [0.717, 1.165) is 18.4 Å². The van der Waals surface area contributed by atoms with Crippen LogP contribution < -0.4 is 0 Å². The van der Waals surface area contributed by atoms with Gasteiger partial charge in [-0.2, -0.15) is 21.0 Å². The summed E-state index contributed by atoms with van der Waals surface area (Å²) >= 11 is 0. The van der Waals surface area contributed by atoms with Crippen LogP contribution in [0.25, 0.3) is 0 Å². The molecule has 0 spiro atoms. The highest BCUT2D eigenvalue weighted by atomic mass is 14.7. The lowest BCUT2D eigenvalue weighted by Crippen LogP contribution is -2.57. The van der Waals surface area contributed by atoms with Crippen molar-refractivity contribution >= 4 is 0 Å². The molecule has 0 unspecified atom stereocenters. The molecule has 0 saturated heterocycles. The summed E-state index contributed by atoms with van der Waals surface area (Å²) in [5.41, 5.74) is -2.05. The van der Waals surface area contributed by atoms with Crippen LogP contribution in [-0.2, 0) is 0 Å². The fourth-order valence-electron chi connectivity index (χ4n) is 4.01. The molecule has 19 heavy (non-hydrogen) atoms. The van der Waals surface area contributed by atoms with Crippen LogP contribution in [0.3, 0.4) is 0 Å². The lowest BCUT2D eigenvalue weighted by Gasteiger charge is -2.52. The molecule has 0 aromatic heterocycles. The van der Waals surface area contributed by atoms with E-state index in [1.165, 1.54) is 0 Å². The van der Waals surface area contributed by atoms with Gasteiger partial charge in [-0.05, 0) is 18.8 Å². The van der Waals surface area contributed by atoms with E-state index < -0.39 is 16.7 Å². The molecule has 0 heterocycles. The monoisotopic (exact) mass is 246 g/mol. The molecule has 90 valence electrons. The second-order valence-electron chi connectivity index (χ2n) is 5.34. The number of rotatable bonds is 0. The summed E-state index contributed by atoms with van der Waals surface area (Å²) in [6, 6.07) is 8.05. The predicted octanol–water partition coefficient (Wildman–Crippen LogP) is 2.21. The summed E-state index contributed by atoms with van der Waals surface area (Å²) < 4.78 is 0. The second kappa shape index (κ2) is 3.47. The lowest BCUT2D eigenvalue weighted by molar-refractivity contribution is 0.0908. The summed E-state index contributed by atoms with van der Waals surface area (Å²) in [6.45, 7) is 0. The average Bonchev–Trinajstić information content (AvgIpc) is 2.96. The van der Waals surface area contributed by atoms with E-state index >= 15 is 0 Å². The van der Waals surface area contributed by atoms with Crippen molar-refractivity contribution in [1.82, 2.24) is 0 Å². The van der Waals surface area contributed by atoms with Gasteiger partial charge >= 0.3 is 0 Å². The van der Waals surface area contributed by atoms with Crippen LogP contribution in [0, 0.1) is 73.9 Å². The minimum absolute atomic E-state index is 0.143. The van der Waals surface area contributed by atoms with E-state index in [9.17, 15) is 21.0 Å². The van der Waals surface area contributed by atoms with Gasteiger partial charge in [0.05, 0.1) is 24.3 Å². The Kier molecular flexibility index (Phi) is 2.11. The molecule has 4 aliphatic rings. The normalized spacial score (nSPS) is 35.2. The van der Waals surface area contributed by atoms with Crippen molar-refractivity contribution in [2.24, 2.45) is 28.6 Å². The predicted molar refractivity (Wildman–Crippen MR) is 64.2 cm³/mol. The van der Waals surface area contributed by atoms with Crippen LogP contribution in [0.15, 0.2) is 23.8 Å². The summed E-state index contributed by atoms with van der Waals surface area (Å²) in [5.74, 6) is -0.621. The van der Waals surface area contributed by atoms with Gasteiger partial charge in [0.1, 0.15) is 0 Å². The van der Waals surface area contributed by atoms with Crippen molar-refractivity contribution in [1.29, 1.82) is 21.0 Å². The SMILES string of the molecule is N#CC1(C#N)[C@H]2C=C[C@@H]([C@@H]3CCC=C32)C1(C#N)C#N. The van der Waals surface area contributed by atoms with Crippen molar-refractivity contribution in [2.75, 3.05) is 0 Å². The van der Waals surface area contributed by atoms with Gasteiger partial charge in [0.15, 0.2) is 10.8 Å². The van der Waals surface area contributed by atoms with E-state index in [1.807, 2.05) is 36.4 Å². The zero-order chi connectivity index (χ0) is 13.7. The molecule has 0 radical (unpaired) electrons. The maximum atomic E-state index is 9.55. The Labute approximate surface area is 111 Å². The van der Waals surface area contributed by atoms with Gasteiger partial charge < -0.3 is 0 Å². The van der Waals surface area contributed by atoms with Crippen LogP contribution in [0.1, 0.15) is 12.8 Å². The Morgan fingerprint density at radius 2 is 1.58 bits per heavy atom. The molecule has 0 aromatic carbocycles. The van der Waals surface area contributed by atoms with E-state index in [4.69, 9.17) is 0 Å². The third-order valence-electron chi connectivity index (χ3n) is 4.88. The van der Waals surface area contributed by atoms with Gasteiger partial charge in [-0.15, -0.1) is 0 Å². The van der Waals surface area contributed by atoms with Gasteiger partial charge in [-0.3, -0.25) is 0 Å².